The first-order chi connectivity index (χ1) is 14.9. The summed E-state index contributed by atoms with van der Waals surface area (Å²) in [7, 11) is 0. The van der Waals surface area contributed by atoms with Gasteiger partial charge in [-0.25, -0.2) is 4.39 Å². The molecule has 6 nitrogen and oxygen atoms in total. The lowest BCUT2D eigenvalue weighted by atomic mass is 10.1. The van der Waals surface area contributed by atoms with Gasteiger partial charge in [-0.2, -0.15) is 5.26 Å². The quantitative estimate of drug-likeness (QED) is 0.647. The SMILES string of the molecule is CC1CN(C(=O)COc2ccc(Cl)cc2OCC#N)C(C)CN1Cc1ccc(F)cc1. The lowest BCUT2D eigenvalue weighted by molar-refractivity contribution is -0.139. The molecule has 0 radical (unpaired) electrons. The van der Waals surface area contributed by atoms with Gasteiger partial charge in [0.1, 0.15) is 11.9 Å². The smallest absolute Gasteiger partial charge is 0.260 e. The molecule has 0 aliphatic carbocycles. The van der Waals surface area contributed by atoms with E-state index in [1.165, 1.54) is 12.1 Å². The number of hydrogen-bond donors (Lipinski definition) is 0. The number of carbonyl (C=O) groups excluding carboxylic acids is 1. The molecule has 0 N–H and O–H groups in total. The highest BCUT2D eigenvalue weighted by atomic mass is 35.5. The minimum atomic E-state index is -0.248. The van der Waals surface area contributed by atoms with Gasteiger partial charge in [0.05, 0.1) is 0 Å². The predicted octanol–water partition coefficient (Wildman–Crippen LogP) is 3.88. The van der Waals surface area contributed by atoms with Crippen molar-refractivity contribution in [1.29, 1.82) is 5.26 Å². The Hall–Kier alpha value is -2.82. The second-order valence-corrected chi connectivity index (χ2v) is 8.06. The van der Waals surface area contributed by atoms with Crippen molar-refractivity contribution < 1.29 is 18.7 Å². The molecule has 1 aliphatic rings. The van der Waals surface area contributed by atoms with E-state index < -0.39 is 0 Å². The molecule has 0 spiro atoms. The van der Waals surface area contributed by atoms with Crippen molar-refractivity contribution in [3.05, 3.63) is 58.9 Å². The molecule has 2 atom stereocenters. The lowest BCUT2D eigenvalue weighted by Crippen LogP contribution is -2.58. The van der Waals surface area contributed by atoms with E-state index in [4.69, 9.17) is 26.3 Å². The van der Waals surface area contributed by atoms with Crippen LogP contribution in [0.15, 0.2) is 42.5 Å². The van der Waals surface area contributed by atoms with Crippen LogP contribution in [0.25, 0.3) is 0 Å². The molecule has 1 amide bonds. The van der Waals surface area contributed by atoms with Crippen molar-refractivity contribution in [1.82, 2.24) is 9.80 Å². The monoisotopic (exact) mass is 445 g/mol. The normalized spacial score (nSPS) is 19.0. The molecule has 1 fully saturated rings. The predicted molar refractivity (Wildman–Crippen MR) is 116 cm³/mol. The molecule has 0 bridgehead atoms. The highest BCUT2D eigenvalue weighted by molar-refractivity contribution is 6.30. The fourth-order valence-corrected chi connectivity index (χ4v) is 3.80. The molecule has 164 valence electrons. The number of piperazine rings is 1. The molecule has 0 saturated carbocycles. The minimum Gasteiger partial charge on any atom is -0.480 e. The average molecular weight is 446 g/mol. The summed E-state index contributed by atoms with van der Waals surface area (Å²) in [6, 6.07) is 13.4. The highest BCUT2D eigenvalue weighted by Gasteiger charge is 2.32. The van der Waals surface area contributed by atoms with Crippen LogP contribution >= 0.6 is 11.6 Å². The third-order valence-electron chi connectivity index (χ3n) is 5.28. The van der Waals surface area contributed by atoms with E-state index in [9.17, 15) is 9.18 Å². The highest BCUT2D eigenvalue weighted by Crippen LogP contribution is 2.30. The van der Waals surface area contributed by atoms with Crippen LogP contribution in [-0.2, 0) is 11.3 Å². The molecule has 3 rings (SSSR count). The van der Waals surface area contributed by atoms with E-state index >= 15 is 0 Å². The van der Waals surface area contributed by atoms with Crippen LogP contribution in [-0.4, -0.2) is 54.1 Å². The van der Waals surface area contributed by atoms with Gasteiger partial charge in [-0.15, -0.1) is 0 Å². The van der Waals surface area contributed by atoms with Gasteiger partial charge < -0.3 is 14.4 Å². The van der Waals surface area contributed by atoms with E-state index in [0.717, 1.165) is 5.56 Å². The Labute approximate surface area is 186 Å². The molecule has 1 saturated heterocycles. The van der Waals surface area contributed by atoms with E-state index in [1.807, 2.05) is 17.9 Å². The first kappa shape index (κ1) is 22.9. The van der Waals surface area contributed by atoms with Gasteiger partial charge in [-0.1, -0.05) is 23.7 Å². The van der Waals surface area contributed by atoms with Crippen molar-refractivity contribution in [2.24, 2.45) is 0 Å². The lowest BCUT2D eigenvalue weighted by Gasteiger charge is -2.44. The average Bonchev–Trinajstić information content (AvgIpc) is 2.75. The van der Waals surface area contributed by atoms with Crippen LogP contribution in [0.4, 0.5) is 4.39 Å². The third-order valence-corrected chi connectivity index (χ3v) is 5.52. The summed E-state index contributed by atoms with van der Waals surface area (Å²) in [5.74, 6) is 0.320. The first-order valence-electron chi connectivity index (χ1n) is 10.1. The summed E-state index contributed by atoms with van der Waals surface area (Å²) >= 11 is 5.98. The Balaban J connectivity index is 1.58. The Morgan fingerprint density at radius 1 is 1.13 bits per heavy atom. The van der Waals surface area contributed by atoms with Crippen LogP contribution in [0.1, 0.15) is 19.4 Å². The van der Waals surface area contributed by atoms with Crippen molar-refractivity contribution in [2.75, 3.05) is 26.3 Å². The third kappa shape index (κ3) is 6.09. The number of nitriles is 1. The van der Waals surface area contributed by atoms with Crippen molar-refractivity contribution >= 4 is 17.5 Å². The molecule has 2 unspecified atom stereocenters. The first-order valence-corrected chi connectivity index (χ1v) is 10.4. The molecule has 2 aromatic rings. The van der Waals surface area contributed by atoms with Gasteiger partial charge in [0.15, 0.2) is 24.7 Å². The summed E-state index contributed by atoms with van der Waals surface area (Å²) < 4.78 is 24.2. The van der Waals surface area contributed by atoms with E-state index in [-0.39, 0.29) is 37.0 Å². The maximum absolute atomic E-state index is 13.1. The summed E-state index contributed by atoms with van der Waals surface area (Å²) in [4.78, 5) is 16.9. The van der Waals surface area contributed by atoms with Crippen molar-refractivity contribution in [3.8, 4) is 17.6 Å². The molecule has 2 aromatic carbocycles. The zero-order chi connectivity index (χ0) is 22.4. The van der Waals surface area contributed by atoms with E-state index in [0.29, 0.717) is 36.2 Å². The van der Waals surface area contributed by atoms with E-state index in [2.05, 4.69) is 11.8 Å². The molecular formula is C23H25ClFN3O3. The summed E-state index contributed by atoms with van der Waals surface area (Å²) in [6.45, 7) is 5.78. The van der Waals surface area contributed by atoms with Crippen LogP contribution in [0.3, 0.4) is 0 Å². The van der Waals surface area contributed by atoms with Crippen LogP contribution < -0.4 is 9.47 Å². The molecule has 1 heterocycles. The second-order valence-electron chi connectivity index (χ2n) is 7.63. The Bertz CT molecular complexity index is 948. The number of hydrogen-bond acceptors (Lipinski definition) is 5. The molecule has 0 aromatic heterocycles. The number of nitrogens with zero attached hydrogens (tertiary/aromatic N) is 3. The summed E-state index contributed by atoms with van der Waals surface area (Å²) in [6.07, 6.45) is 0. The molecule has 1 aliphatic heterocycles. The Kier molecular flexibility index (Phi) is 7.72. The number of amides is 1. The zero-order valence-electron chi connectivity index (χ0n) is 17.6. The fourth-order valence-electron chi connectivity index (χ4n) is 3.64. The van der Waals surface area contributed by atoms with Gasteiger partial charge >= 0.3 is 0 Å². The van der Waals surface area contributed by atoms with Gasteiger partial charge in [0.25, 0.3) is 5.91 Å². The molecule has 31 heavy (non-hydrogen) atoms. The topological polar surface area (TPSA) is 65.8 Å². The Morgan fingerprint density at radius 3 is 2.58 bits per heavy atom. The summed E-state index contributed by atoms with van der Waals surface area (Å²) in [5, 5.41) is 9.18. The van der Waals surface area contributed by atoms with Gasteiger partial charge in [-0.3, -0.25) is 9.69 Å². The number of rotatable bonds is 7. The number of benzene rings is 2. The largest absolute Gasteiger partial charge is 0.480 e. The molecular weight excluding hydrogens is 421 g/mol. The van der Waals surface area contributed by atoms with Crippen LogP contribution in [0, 0.1) is 17.1 Å². The number of carbonyl (C=O) groups is 1. The van der Waals surface area contributed by atoms with Gasteiger partial charge in [0, 0.05) is 42.8 Å². The summed E-state index contributed by atoms with van der Waals surface area (Å²) in [5.41, 5.74) is 1.04. The van der Waals surface area contributed by atoms with Crippen LogP contribution in [0.5, 0.6) is 11.5 Å². The minimum absolute atomic E-state index is 0.00674. The maximum Gasteiger partial charge on any atom is 0.260 e. The fraction of sp³-hybridized carbons (Fsp3) is 0.391. The van der Waals surface area contributed by atoms with E-state index in [1.54, 1.807) is 30.3 Å². The zero-order valence-corrected chi connectivity index (χ0v) is 18.3. The standard InChI is InChI=1S/C23H25ClFN3O3/c1-16-13-28(17(2)12-27(16)14-18-3-6-20(25)7-4-18)23(29)15-31-21-8-5-19(24)11-22(21)30-10-9-26/h3-8,11,16-17H,10,12-15H2,1-2H3. The maximum atomic E-state index is 13.1. The van der Waals surface area contributed by atoms with Crippen molar-refractivity contribution in [3.63, 3.8) is 0 Å². The van der Waals surface area contributed by atoms with Gasteiger partial charge in [0.2, 0.25) is 0 Å². The Morgan fingerprint density at radius 2 is 1.87 bits per heavy atom. The van der Waals surface area contributed by atoms with Crippen molar-refractivity contribution in [2.45, 2.75) is 32.5 Å². The number of ether oxygens (including phenoxy) is 2. The molecule has 8 heteroatoms. The van der Waals surface area contributed by atoms with Crippen LogP contribution in [0.2, 0.25) is 5.02 Å². The number of halogens is 2. The van der Waals surface area contributed by atoms with Gasteiger partial charge in [-0.05, 0) is 43.7 Å². The second kappa shape index (κ2) is 10.5.